The van der Waals surface area contributed by atoms with Gasteiger partial charge in [-0.15, -0.1) is 5.10 Å². The van der Waals surface area contributed by atoms with Crippen molar-refractivity contribution in [3.05, 3.63) is 94.7 Å². The zero-order valence-corrected chi connectivity index (χ0v) is 16.6. The highest BCUT2D eigenvalue weighted by molar-refractivity contribution is 6.32. The van der Waals surface area contributed by atoms with E-state index in [1.165, 1.54) is 41.3 Å². The molecule has 1 amide bonds. The molecule has 2 aromatic carbocycles. The molecule has 4 rings (SSSR count). The Labute approximate surface area is 180 Å². The van der Waals surface area contributed by atoms with Gasteiger partial charge in [0.15, 0.2) is 5.76 Å². The van der Waals surface area contributed by atoms with E-state index in [0.717, 1.165) is 6.07 Å². The molecule has 0 fully saturated rings. The molecule has 4 aromatic rings. The molecule has 0 atom stereocenters. The summed E-state index contributed by atoms with van der Waals surface area (Å²) < 4.78 is 38.8. The fourth-order valence-corrected chi connectivity index (χ4v) is 2.95. The average molecular weight is 445 g/mol. The quantitative estimate of drug-likeness (QED) is 0.447. The van der Waals surface area contributed by atoms with E-state index < -0.39 is 11.7 Å². The molecule has 0 aliphatic heterocycles. The molecule has 10 heteroatoms. The Morgan fingerprint density at radius 1 is 1.13 bits per heavy atom. The van der Waals surface area contributed by atoms with Crippen molar-refractivity contribution in [2.24, 2.45) is 0 Å². The minimum Gasteiger partial charge on any atom is -0.484 e. The number of benzene rings is 2. The molecule has 2 aromatic heterocycles. The molecule has 0 radical (unpaired) electrons. The summed E-state index contributed by atoms with van der Waals surface area (Å²) in [5, 5.41) is 6.79. The molecule has 0 saturated heterocycles. The Balaban J connectivity index is 1.34. The van der Waals surface area contributed by atoms with Gasteiger partial charge in [0.2, 0.25) is 5.95 Å². The van der Waals surface area contributed by atoms with Crippen molar-refractivity contribution < 1.29 is 22.7 Å². The predicted octanol–water partition coefficient (Wildman–Crippen LogP) is 4.68. The van der Waals surface area contributed by atoms with Gasteiger partial charge in [-0.3, -0.25) is 10.1 Å². The van der Waals surface area contributed by atoms with Crippen LogP contribution in [0.5, 0.6) is 5.75 Å². The van der Waals surface area contributed by atoms with Crippen molar-refractivity contribution >= 4 is 23.5 Å². The topological polar surface area (TPSA) is 82.2 Å². The van der Waals surface area contributed by atoms with Gasteiger partial charge in [0.1, 0.15) is 36.1 Å². The van der Waals surface area contributed by atoms with Gasteiger partial charge in [0.05, 0.1) is 11.6 Å². The Kier molecular flexibility index (Phi) is 5.94. The van der Waals surface area contributed by atoms with Crippen molar-refractivity contribution in [3.8, 4) is 5.75 Å². The van der Waals surface area contributed by atoms with E-state index in [-0.39, 0.29) is 29.2 Å². The molecule has 7 nitrogen and oxygen atoms in total. The number of aromatic nitrogens is 3. The Morgan fingerprint density at radius 3 is 2.77 bits per heavy atom. The summed E-state index contributed by atoms with van der Waals surface area (Å²) >= 11 is 5.91. The maximum atomic E-state index is 13.3. The van der Waals surface area contributed by atoms with Gasteiger partial charge in [0.25, 0.3) is 5.91 Å². The normalized spacial score (nSPS) is 10.8. The van der Waals surface area contributed by atoms with Crippen LogP contribution in [0.4, 0.5) is 14.7 Å². The largest absolute Gasteiger partial charge is 0.484 e. The predicted molar refractivity (Wildman–Crippen MR) is 108 cm³/mol. The van der Waals surface area contributed by atoms with Crippen molar-refractivity contribution in [2.45, 2.75) is 13.2 Å². The molecule has 0 unspecified atom stereocenters. The molecule has 2 heterocycles. The summed E-state index contributed by atoms with van der Waals surface area (Å²) in [5.41, 5.74) is 0.708. The molecule has 0 spiro atoms. The van der Waals surface area contributed by atoms with Crippen LogP contribution in [0.1, 0.15) is 21.9 Å². The summed E-state index contributed by atoms with van der Waals surface area (Å²) in [6, 6.07) is 12.9. The maximum absolute atomic E-state index is 13.3. The molecule has 0 aliphatic rings. The van der Waals surface area contributed by atoms with Gasteiger partial charge in [-0.1, -0.05) is 23.7 Å². The van der Waals surface area contributed by atoms with E-state index in [1.807, 2.05) is 0 Å². The van der Waals surface area contributed by atoms with Gasteiger partial charge in [-0.25, -0.2) is 18.4 Å². The molecular weight excluding hydrogens is 430 g/mol. The number of hydrogen-bond donors (Lipinski definition) is 1. The van der Waals surface area contributed by atoms with E-state index in [4.69, 9.17) is 20.8 Å². The number of anilines is 1. The molecule has 0 aliphatic carbocycles. The zero-order valence-electron chi connectivity index (χ0n) is 15.9. The summed E-state index contributed by atoms with van der Waals surface area (Å²) in [6.07, 6.45) is 1.42. The van der Waals surface area contributed by atoms with Gasteiger partial charge < -0.3 is 9.15 Å². The monoisotopic (exact) mass is 444 g/mol. The number of ether oxygens (including phenoxy) is 1. The van der Waals surface area contributed by atoms with E-state index in [2.05, 4.69) is 15.4 Å². The fraction of sp³-hybridized carbons (Fsp3) is 0.0952. The second-order valence-electron chi connectivity index (χ2n) is 6.48. The lowest BCUT2D eigenvalue weighted by atomic mass is 10.2. The van der Waals surface area contributed by atoms with E-state index >= 15 is 0 Å². The van der Waals surface area contributed by atoms with Crippen LogP contribution in [0, 0.1) is 11.6 Å². The first-order valence-electron chi connectivity index (χ1n) is 9.08. The van der Waals surface area contributed by atoms with Gasteiger partial charge in [0, 0.05) is 0 Å². The smallest absolute Gasteiger partial charge is 0.293 e. The molecule has 158 valence electrons. The van der Waals surface area contributed by atoms with Crippen LogP contribution in [0.15, 0.2) is 65.3 Å². The highest BCUT2D eigenvalue weighted by atomic mass is 35.5. The number of nitrogens with zero attached hydrogens (tertiary/aromatic N) is 3. The number of carbonyl (C=O) groups excluding carboxylic acids is 1. The van der Waals surface area contributed by atoms with E-state index in [0.29, 0.717) is 23.6 Å². The van der Waals surface area contributed by atoms with Crippen LogP contribution < -0.4 is 10.1 Å². The molecular formula is C21H15ClF2N4O3. The first-order chi connectivity index (χ1) is 15.0. The highest BCUT2D eigenvalue weighted by Crippen LogP contribution is 2.26. The second-order valence-corrected chi connectivity index (χ2v) is 6.89. The summed E-state index contributed by atoms with van der Waals surface area (Å²) in [6.45, 7) is 0.300. The summed E-state index contributed by atoms with van der Waals surface area (Å²) in [4.78, 5) is 16.4. The molecule has 0 bridgehead atoms. The van der Waals surface area contributed by atoms with Crippen LogP contribution in [-0.2, 0) is 13.2 Å². The van der Waals surface area contributed by atoms with Gasteiger partial charge in [-0.05, 0) is 48.0 Å². The van der Waals surface area contributed by atoms with Crippen LogP contribution in [-0.4, -0.2) is 20.7 Å². The zero-order chi connectivity index (χ0) is 21.8. The van der Waals surface area contributed by atoms with Crippen LogP contribution >= 0.6 is 11.6 Å². The van der Waals surface area contributed by atoms with Gasteiger partial charge >= 0.3 is 0 Å². The van der Waals surface area contributed by atoms with E-state index in [1.54, 1.807) is 18.2 Å². The third kappa shape index (κ3) is 5.26. The van der Waals surface area contributed by atoms with Crippen molar-refractivity contribution in [1.82, 2.24) is 14.8 Å². The van der Waals surface area contributed by atoms with Crippen LogP contribution in [0.3, 0.4) is 0 Å². The van der Waals surface area contributed by atoms with Gasteiger partial charge in [-0.2, -0.15) is 0 Å². The third-order valence-electron chi connectivity index (χ3n) is 4.14. The van der Waals surface area contributed by atoms with Crippen molar-refractivity contribution in [2.75, 3.05) is 5.32 Å². The Morgan fingerprint density at radius 2 is 1.97 bits per heavy atom. The third-order valence-corrected chi connectivity index (χ3v) is 4.44. The minimum absolute atomic E-state index is 0.000849. The molecule has 1 N–H and O–H groups in total. The number of rotatable bonds is 7. The fourth-order valence-electron chi connectivity index (χ4n) is 2.73. The molecule has 31 heavy (non-hydrogen) atoms. The number of hydrogen-bond acceptors (Lipinski definition) is 5. The first-order valence-corrected chi connectivity index (χ1v) is 9.46. The van der Waals surface area contributed by atoms with Crippen molar-refractivity contribution in [3.63, 3.8) is 0 Å². The second kappa shape index (κ2) is 8.97. The first kappa shape index (κ1) is 20.5. The maximum Gasteiger partial charge on any atom is 0.293 e. The summed E-state index contributed by atoms with van der Waals surface area (Å²) in [7, 11) is 0. The Bertz CT molecular complexity index is 1220. The van der Waals surface area contributed by atoms with Crippen molar-refractivity contribution in [1.29, 1.82) is 0 Å². The number of nitrogens with one attached hydrogen (secondary N) is 1. The average Bonchev–Trinajstić information content (AvgIpc) is 3.37. The highest BCUT2D eigenvalue weighted by Gasteiger charge is 2.14. The number of halogens is 3. The summed E-state index contributed by atoms with van der Waals surface area (Å²) in [5.74, 6) is -0.589. The lowest BCUT2D eigenvalue weighted by Gasteiger charge is -2.06. The standard InChI is InChI=1S/C21H15ClF2N4O3/c22-17-9-15(24)4-6-18(17)30-11-16-5-7-19(31-16)20(29)26-21-25-12-28(27-21)10-13-2-1-3-14(23)8-13/h1-9,12H,10-11H2,(H,26,27,29). The Hall–Kier alpha value is -3.72. The lowest BCUT2D eigenvalue weighted by molar-refractivity contribution is 0.0991. The van der Waals surface area contributed by atoms with Crippen LogP contribution in [0.2, 0.25) is 5.02 Å². The molecule has 0 saturated carbocycles. The van der Waals surface area contributed by atoms with E-state index in [9.17, 15) is 13.6 Å². The number of furan rings is 1. The number of amides is 1. The number of carbonyl (C=O) groups is 1. The lowest BCUT2D eigenvalue weighted by Crippen LogP contribution is -2.12. The van der Waals surface area contributed by atoms with Crippen LogP contribution in [0.25, 0.3) is 0 Å². The SMILES string of the molecule is O=C(Nc1ncn(Cc2cccc(F)c2)n1)c1ccc(COc2ccc(F)cc2Cl)o1. The minimum atomic E-state index is -0.547.